The number of hydrogen-bond acceptors (Lipinski definition) is 5. The van der Waals surface area contributed by atoms with Crippen molar-refractivity contribution in [3.63, 3.8) is 0 Å². The van der Waals surface area contributed by atoms with E-state index in [1.165, 1.54) is 48.5 Å². The van der Waals surface area contributed by atoms with Crippen LogP contribution in [0, 0.1) is 0 Å². The minimum Gasteiger partial charge on any atom is -0.431 e. The zero-order valence-electron chi connectivity index (χ0n) is 12.2. The Hall–Kier alpha value is -0.910. The summed E-state index contributed by atoms with van der Waals surface area (Å²) in [6.45, 7) is 9.99. The van der Waals surface area contributed by atoms with E-state index in [1.807, 2.05) is 0 Å². The second kappa shape index (κ2) is 4.99. The summed E-state index contributed by atoms with van der Waals surface area (Å²) in [5, 5.41) is 29.5. The number of rotatable bonds is 4. The molecule has 0 aliphatic rings. The first-order valence-electron chi connectivity index (χ1n) is 5.78. The molecule has 5 heteroatoms. The lowest BCUT2D eigenvalue weighted by atomic mass is 9.82. The lowest BCUT2D eigenvalue weighted by molar-refractivity contribution is -0.190. The van der Waals surface area contributed by atoms with Crippen LogP contribution in [0.15, 0.2) is 11.1 Å². The van der Waals surface area contributed by atoms with Gasteiger partial charge in [0.25, 0.3) is 0 Å². The Morgan fingerprint density at radius 1 is 0.889 bits per heavy atom. The number of esters is 1. The van der Waals surface area contributed by atoms with Crippen molar-refractivity contribution < 1.29 is 24.9 Å². The van der Waals surface area contributed by atoms with Gasteiger partial charge >= 0.3 is 5.97 Å². The number of ether oxygens (including phenoxy) is 1. The van der Waals surface area contributed by atoms with Gasteiger partial charge < -0.3 is 20.1 Å². The summed E-state index contributed by atoms with van der Waals surface area (Å²) < 4.78 is 4.81. The van der Waals surface area contributed by atoms with Gasteiger partial charge in [0.2, 0.25) is 5.79 Å². The lowest BCUT2D eigenvalue weighted by Crippen LogP contribution is -2.40. The summed E-state index contributed by atoms with van der Waals surface area (Å²) in [5.41, 5.74) is -2.51. The molecule has 0 aliphatic carbocycles. The minimum atomic E-state index is -1.61. The monoisotopic (exact) mass is 260 g/mol. The van der Waals surface area contributed by atoms with Crippen LogP contribution in [0.25, 0.3) is 0 Å². The van der Waals surface area contributed by atoms with Gasteiger partial charge in [-0.25, -0.2) is 4.79 Å². The van der Waals surface area contributed by atoms with E-state index in [0.717, 1.165) is 0 Å². The Balaban J connectivity index is 5.58. The molecule has 5 nitrogen and oxygen atoms in total. The van der Waals surface area contributed by atoms with Crippen LogP contribution < -0.4 is 0 Å². The highest BCUT2D eigenvalue weighted by Gasteiger charge is 2.36. The Kier molecular flexibility index (Phi) is 4.74. The summed E-state index contributed by atoms with van der Waals surface area (Å²) in [6, 6.07) is 0. The summed E-state index contributed by atoms with van der Waals surface area (Å²) >= 11 is 0. The van der Waals surface area contributed by atoms with Crippen molar-refractivity contribution in [2.45, 2.75) is 65.5 Å². The van der Waals surface area contributed by atoms with Gasteiger partial charge in [0.15, 0.2) is 0 Å². The van der Waals surface area contributed by atoms with E-state index in [2.05, 4.69) is 0 Å². The molecular weight excluding hydrogens is 236 g/mol. The van der Waals surface area contributed by atoms with Crippen molar-refractivity contribution >= 4 is 5.97 Å². The Morgan fingerprint density at radius 2 is 1.22 bits per heavy atom. The molecule has 0 saturated heterocycles. The summed E-state index contributed by atoms with van der Waals surface area (Å²) in [4.78, 5) is 11.8. The Bertz CT molecular complexity index is 331. The smallest absolute Gasteiger partial charge is 0.336 e. The van der Waals surface area contributed by atoms with Crippen LogP contribution in [0.3, 0.4) is 0 Å². The van der Waals surface area contributed by atoms with E-state index in [9.17, 15) is 20.1 Å². The average molecular weight is 260 g/mol. The summed E-state index contributed by atoms with van der Waals surface area (Å²) in [7, 11) is 0. The Morgan fingerprint density at radius 3 is 1.44 bits per heavy atom. The number of hydrogen-bond donors (Lipinski definition) is 3. The molecule has 0 fully saturated rings. The molecule has 0 heterocycles. The normalized spacial score (nSPS) is 13.2. The van der Waals surface area contributed by atoms with Crippen molar-refractivity contribution in [2.24, 2.45) is 0 Å². The third-order valence-corrected chi connectivity index (χ3v) is 2.25. The maximum Gasteiger partial charge on any atom is 0.336 e. The van der Waals surface area contributed by atoms with Crippen LogP contribution in [0.1, 0.15) is 48.5 Å². The van der Waals surface area contributed by atoms with E-state index in [4.69, 9.17) is 4.74 Å². The molecular formula is C13H24O5. The first-order valence-corrected chi connectivity index (χ1v) is 5.78. The SMILES string of the molecule is CC(C(=O)OC(C)(C)O)=C(C(C)(C)O)C(C)(C)O. The maximum atomic E-state index is 11.8. The lowest BCUT2D eigenvalue weighted by Gasteiger charge is -2.33. The molecule has 0 bridgehead atoms. The molecule has 0 aromatic rings. The molecule has 0 aromatic carbocycles. The molecule has 0 aliphatic heterocycles. The highest BCUT2D eigenvalue weighted by Crippen LogP contribution is 2.31. The van der Waals surface area contributed by atoms with Gasteiger partial charge in [-0.05, 0) is 34.6 Å². The molecule has 0 aromatic heterocycles. The highest BCUT2D eigenvalue weighted by atomic mass is 16.7. The van der Waals surface area contributed by atoms with Gasteiger partial charge in [-0.3, -0.25) is 0 Å². The third-order valence-electron chi connectivity index (χ3n) is 2.25. The molecule has 18 heavy (non-hydrogen) atoms. The molecule has 0 atom stereocenters. The molecule has 0 rings (SSSR count). The van der Waals surface area contributed by atoms with Crippen LogP contribution in [0.4, 0.5) is 0 Å². The zero-order valence-corrected chi connectivity index (χ0v) is 12.2. The van der Waals surface area contributed by atoms with E-state index >= 15 is 0 Å². The van der Waals surface area contributed by atoms with Crippen molar-refractivity contribution in [3.05, 3.63) is 11.1 Å². The van der Waals surface area contributed by atoms with Gasteiger partial charge in [-0.15, -0.1) is 0 Å². The fraction of sp³-hybridized carbons (Fsp3) is 0.769. The molecule has 0 saturated carbocycles. The zero-order chi connectivity index (χ0) is 14.9. The molecule has 0 spiro atoms. The van der Waals surface area contributed by atoms with Crippen LogP contribution in [0.5, 0.6) is 0 Å². The average Bonchev–Trinajstić information content (AvgIpc) is 1.93. The molecule has 106 valence electrons. The van der Waals surface area contributed by atoms with E-state index in [-0.39, 0.29) is 11.1 Å². The number of aliphatic hydroxyl groups is 3. The Labute approximate surface area is 108 Å². The molecule has 3 N–H and O–H groups in total. The van der Waals surface area contributed by atoms with Gasteiger partial charge in [-0.2, -0.15) is 0 Å². The molecule has 0 radical (unpaired) electrons. The van der Waals surface area contributed by atoms with Crippen molar-refractivity contribution in [1.82, 2.24) is 0 Å². The van der Waals surface area contributed by atoms with E-state index in [1.54, 1.807) is 0 Å². The largest absolute Gasteiger partial charge is 0.431 e. The summed E-state index contributed by atoms with van der Waals surface area (Å²) in [6.07, 6.45) is 0. The van der Waals surface area contributed by atoms with Gasteiger partial charge in [-0.1, -0.05) is 0 Å². The topological polar surface area (TPSA) is 87.0 Å². The fourth-order valence-corrected chi connectivity index (χ4v) is 2.07. The second-order valence-electron chi connectivity index (χ2n) is 5.95. The maximum absolute atomic E-state index is 11.8. The van der Waals surface area contributed by atoms with Crippen LogP contribution in [0.2, 0.25) is 0 Å². The van der Waals surface area contributed by atoms with Crippen LogP contribution in [-0.4, -0.2) is 38.3 Å². The van der Waals surface area contributed by atoms with Gasteiger partial charge in [0.05, 0.1) is 11.2 Å². The van der Waals surface area contributed by atoms with Gasteiger partial charge in [0.1, 0.15) is 0 Å². The van der Waals surface area contributed by atoms with Gasteiger partial charge in [0, 0.05) is 25.0 Å². The fourth-order valence-electron chi connectivity index (χ4n) is 2.07. The van der Waals surface area contributed by atoms with Crippen molar-refractivity contribution in [2.75, 3.05) is 0 Å². The molecule has 0 unspecified atom stereocenters. The van der Waals surface area contributed by atoms with E-state index < -0.39 is 23.0 Å². The van der Waals surface area contributed by atoms with Crippen LogP contribution >= 0.6 is 0 Å². The third kappa shape index (κ3) is 5.16. The number of carbonyl (C=O) groups excluding carboxylic acids is 1. The van der Waals surface area contributed by atoms with Crippen molar-refractivity contribution in [1.29, 1.82) is 0 Å². The van der Waals surface area contributed by atoms with Crippen molar-refractivity contribution in [3.8, 4) is 0 Å². The first kappa shape index (κ1) is 17.1. The van der Waals surface area contributed by atoms with E-state index in [0.29, 0.717) is 0 Å². The quantitative estimate of drug-likeness (QED) is 0.400. The number of carbonyl (C=O) groups is 1. The minimum absolute atomic E-state index is 0.0807. The van der Waals surface area contributed by atoms with Crippen LogP contribution in [-0.2, 0) is 9.53 Å². The first-order chi connectivity index (χ1) is 7.66. The molecule has 0 amide bonds. The predicted octanol–water partition coefficient (Wildman–Crippen LogP) is 1.12. The predicted molar refractivity (Wildman–Crippen MR) is 67.7 cm³/mol. The highest BCUT2D eigenvalue weighted by molar-refractivity contribution is 5.89. The summed E-state index contributed by atoms with van der Waals surface area (Å²) in [5.74, 6) is -2.38. The second-order valence-corrected chi connectivity index (χ2v) is 5.95. The standard InChI is InChI=1S/C13H24O5/c1-8(10(14)18-13(6,7)17)9(11(2,3)15)12(4,5)16/h15-17H,1-7H3.